The lowest BCUT2D eigenvalue weighted by atomic mass is 9.76. The van der Waals surface area contributed by atoms with E-state index in [-0.39, 0.29) is 23.3 Å². The summed E-state index contributed by atoms with van der Waals surface area (Å²) < 4.78 is 0. The molecule has 19 heavy (non-hydrogen) atoms. The minimum Gasteiger partial charge on any atom is -0.352 e. The van der Waals surface area contributed by atoms with Crippen LogP contribution in [0.4, 0.5) is 0 Å². The van der Waals surface area contributed by atoms with Gasteiger partial charge in [-0.05, 0) is 12.0 Å². The van der Waals surface area contributed by atoms with Crippen LogP contribution in [0.3, 0.4) is 0 Å². The summed E-state index contributed by atoms with van der Waals surface area (Å²) in [5.41, 5.74) is 6.69. The van der Waals surface area contributed by atoms with Crippen LogP contribution < -0.4 is 11.1 Å². The summed E-state index contributed by atoms with van der Waals surface area (Å²) in [6.07, 6.45) is 0.894. The van der Waals surface area contributed by atoms with Crippen LogP contribution >= 0.6 is 0 Å². The minimum atomic E-state index is -0.138. The monoisotopic (exact) mass is 262 g/mol. The molecule has 2 unspecified atom stereocenters. The van der Waals surface area contributed by atoms with Gasteiger partial charge < -0.3 is 11.1 Å². The lowest BCUT2D eigenvalue weighted by molar-refractivity contribution is -0.125. The van der Waals surface area contributed by atoms with Crippen molar-refractivity contribution in [2.24, 2.45) is 11.7 Å². The third-order valence-corrected chi connectivity index (χ3v) is 3.91. The molecule has 0 aliphatic heterocycles. The molecule has 1 rings (SSSR count). The van der Waals surface area contributed by atoms with Gasteiger partial charge in [-0.3, -0.25) is 4.79 Å². The largest absolute Gasteiger partial charge is 0.352 e. The van der Waals surface area contributed by atoms with Crippen LogP contribution in [0, 0.1) is 5.92 Å². The summed E-state index contributed by atoms with van der Waals surface area (Å²) in [5, 5.41) is 3.14. The van der Waals surface area contributed by atoms with Crippen molar-refractivity contribution in [3.63, 3.8) is 0 Å². The molecule has 0 bridgehead atoms. The van der Waals surface area contributed by atoms with Crippen LogP contribution in [0.1, 0.15) is 39.7 Å². The number of carbonyl (C=O) groups excluding carboxylic acids is 1. The Balaban J connectivity index is 2.87. The first-order chi connectivity index (χ1) is 8.93. The van der Waals surface area contributed by atoms with Gasteiger partial charge >= 0.3 is 0 Å². The third kappa shape index (κ3) is 3.80. The third-order valence-electron chi connectivity index (χ3n) is 3.91. The highest BCUT2D eigenvalue weighted by atomic mass is 16.1. The van der Waals surface area contributed by atoms with Crippen LogP contribution in [0.2, 0.25) is 0 Å². The van der Waals surface area contributed by atoms with Crippen LogP contribution in [0.15, 0.2) is 30.3 Å². The molecule has 1 aromatic rings. The molecule has 0 aromatic heterocycles. The van der Waals surface area contributed by atoms with Crippen LogP contribution in [0.25, 0.3) is 0 Å². The van der Waals surface area contributed by atoms with Gasteiger partial charge in [-0.25, -0.2) is 0 Å². The van der Waals surface area contributed by atoms with E-state index in [9.17, 15) is 4.79 Å². The molecule has 0 saturated heterocycles. The first-order valence-electron chi connectivity index (χ1n) is 6.99. The molecule has 0 aliphatic rings. The van der Waals surface area contributed by atoms with Crippen molar-refractivity contribution >= 4 is 5.91 Å². The van der Waals surface area contributed by atoms with E-state index in [1.165, 1.54) is 5.56 Å². The smallest absolute Gasteiger partial charge is 0.224 e. The van der Waals surface area contributed by atoms with E-state index in [1.54, 1.807) is 0 Å². The van der Waals surface area contributed by atoms with Gasteiger partial charge in [0.05, 0.1) is 0 Å². The molecular formula is C16H26N2O. The molecule has 3 nitrogen and oxygen atoms in total. The van der Waals surface area contributed by atoms with Crippen LogP contribution in [-0.4, -0.2) is 18.5 Å². The Morgan fingerprint density at radius 1 is 1.32 bits per heavy atom. The average molecular weight is 262 g/mol. The summed E-state index contributed by atoms with van der Waals surface area (Å²) in [4.78, 5) is 12.0. The number of hydrogen-bond donors (Lipinski definition) is 2. The molecule has 0 saturated carbocycles. The van der Waals surface area contributed by atoms with Gasteiger partial charge in [0.15, 0.2) is 0 Å². The second-order valence-corrected chi connectivity index (χ2v) is 5.69. The Kier molecular flexibility index (Phi) is 5.55. The SMILES string of the molecule is CCC(NC(=O)C(C)CN)C(C)(C)c1ccccc1. The molecule has 0 fully saturated rings. The fraction of sp³-hybridized carbons (Fsp3) is 0.562. The number of nitrogens with two attached hydrogens (primary N) is 1. The van der Waals surface area contributed by atoms with Crippen LogP contribution in [0.5, 0.6) is 0 Å². The van der Waals surface area contributed by atoms with Crippen molar-refractivity contribution in [2.45, 2.75) is 45.6 Å². The molecule has 0 heterocycles. The zero-order chi connectivity index (χ0) is 14.5. The molecule has 1 amide bonds. The van der Waals surface area contributed by atoms with Gasteiger partial charge in [0.25, 0.3) is 0 Å². The first-order valence-corrected chi connectivity index (χ1v) is 6.99. The number of rotatable bonds is 6. The molecule has 0 aliphatic carbocycles. The maximum atomic E-state index is 12.0. The zero-order valence-corrected chi connectivity index (χ0v) is 12.4. The Hall–Kier alpha value is -1.35. The Bertz CT molecular complexity index is 400. The van der Waals surface area contributed by atoms with Crippen molar-refractivity contribution in [3.05, 3.63) is 35.9 Å². The van der Waals surface area contributed by atoms with Crippen molar-refractivity contribution in [2.75, 3.05) is 6.54 Å². The number of nitrogens with one attached hydrogen (secondary N) is 1. The number of carbonyl (C=O) groups is 1. The van der Waals surface area contributed by atoms with E-state index < -0.39 is 0 Å². The molecule has 0 spiro atoms. The zero-order valence-electron chi connectivity index (χ0n) is 12.4. The van der Waals surface area contributed by atoms with Gasteiger partial charge in [-0.1, -0.05) is 58.0 Å². The fourth-order valence-corrected chi connectivity index (χ4v) is 2.28. The molecule has 106 valence electrons. The van der Waals surface area contributed by atoms with E-state index in [0.29, 0.717) is 6.54 Å². The highest BCUT2D eigenvalue weighted by Gasteiger charge is 2.31. The lowest BCUT2D eigenvalue weighted by Gasteiger charge is -2.35. The summed E-state index contributed by atoms with van der Waals surface area (Å²) in [6.45, 7) is 8.68. The van der Waals surface area contributed by atoms with Crippen LogP contribution in [-0.2, 0) is 10.2 Å². The van der Waals surface area contributed by atoms with Crippen molar-refractivity contribution in [1.29, 1.82) is 0 Å². The maximum absolute atomic E-state index is 12.0. The lowest BCUT2D eigenvalue weighted by Crippen LogP contribution is -2.49. The molecule has 2 atom stereocenters. The van der Waals surface area contributed by atoms with E-state index in [2.05, 4.69) is 38.2 Å². The fourth-order valence-electron chi connectivity index (χ4n) is 2.28. The quantitative estimate of drug-likeness (QED) is 0.827. The highest BCUT2D eigenvalue weighted by molar-refractivity contribution is 5.79. The molecule has 3 heteroatoms. The second kappa shape index (κ2) is 6.71. The summed E-state index contributed by atoms with van der Waals surface area (Å²) in [6, 6.07) is 10.4. The predicted octanol–water partition coefficient (Wildman–Crippen LogP) is 2.45. The molecule has 3 N–H and O–H groups in total. The van der Waals surface area contributed by atoms with Gasteiger partial charge in [-0.2, -0.15) is 0 Å². The first kappa shape index (κ1) is 15.7. The average Bonchev–Trinajstić information content (AvgIpc) is 2.44. The summed E-state index contributed by atoms with van der Waals surface area (Å²) >= 11 is 0. The van der Waals surface area contributed by atoms with E-state index in [4.69, 9.17) is 5.73 Å². The second-order valence-electron chi connectivity index (χ2n) is 5.69. The summed E-state index contributed by atoms with van der Waals surface area (Å²) in [7, 11) is 0. The molecule has 0 radical (unpaired) electrons. The Morgan fingerprint density at radius 2 is 1.89 bits per heavy atom. The van der Waals surface area contributed by atoms with E-state index >= 15 is 0 Å². The van der Waals surface area contributed by atoms with Crippen molar-refractivity contribution in [1.82, 2.24) is 5.32 Å². The highest BCUT2D eigenvalue weighted by Crippen LogP contribution is 2.28. The predicted molar refractivity (Wildman–Crippen MR) is 79.9 cm³/mol. The van der Waals surface area contributed by atoms with Gasteiger partial charge in [-0.15, -0.1) is 0 Å². The Labute approximate surface area is 116 Å². The number of amides is 1. The summed E-state index contributed by atoms with van der Waals surface area (Å²) in [5.74, 6) is -0.0982. The van der Waals surface area contributed by atoms with Crippen molar-refractivity contribution in [3.8, 4) is 0 Å². The minimum absolute atomic E-state index is 0.0401. The van der Waals surface area contributed by atoms with E-state index in [0.717, 1.165) is 6.42 Å². The normalized spacial score (nSPS) is 14.8. The van der Waals surface area contributed by atoms with E-state index in [1.807, 2.05) is 25.1 Å². The molecular weight excluding hydrogens is 236 g/mol. The van der Waals surface area contributed by atoms with Gasteiger partial charge in [0.2, 0.25) is 5.91 Å². The Morgan fingerprint density at radius 3 is 2.37 bits per heavy atom. The maximum Gasteiger partial charge on any atom is 0.224 e. The van der Waals surface area contributed by atoms with Gasteiger partial charge in [0.1, 0.15) is 0 Å². The standard InChI is InChI=1S/C16H26N2O/c1-5-14(18-15(19)12(2)11-17)16(3,4)13-9-7-6-8-10-13/h6-10,12,14H,5,11,17H2,1-4H3,(H,18,19). The topological polar surface area (TPSA) is 55.1 Å². The van der Waals surface area contributed by atoms with Gasteiger partial charge in [0, 0.05) is 23.9 Å². The number of hydrogen-bond acceptors (Lipinski definition) is 2. The number of benzene rings is 1. The molecule has 1 aromatic carbocycles. The van der Waals surface area contributed by atoms with Crippen molar-refractivity contribution < 1.29 is 4.79 Å².